The van der Waals surface area contributed by atoms with Crippen molar-refractivity contribution < 1.29 is 9.21 Å². The Morgan fingerprint density at radius 2 is 2.50 bits per heavy atom. The molecule has 0 spiro atoms. The van der Waals surface area contributed by atoms with Gasteiger partial charge in [-0.1, -0.05) is 0 Å². The zero-order chi connectivity index (χ0) is 8.97. The van der Waals surface area contributed by atoms with Crippen molar-refractivity contribution >= 4 is 11.8 Å². The van der Waals surface area contributed by atoms with Crippen molar-refractivity contribution in [3.8, 4) is 0 Å². The molecule has 1 amide bonds. The summed E-state index contributed by atoms with van der Waals surface area (Å²) in [5.41, 5.74) is 0. The minimum absolute atomic E-state index is 0.144. The molecule has 1 aromatic heterocycles. The summed E-state index contributed by atoms with van der Waals surface area (Å²) in [6.45, 7) is 1.76. The van der Waals surface area contributed by atoms with Crippen LogP contribution in [0.15, 0.2) is 17.0 Å². The number of aromatic nitrogens is 1. The smallest absolute Gasteiger partial charge is 0.243 e. The number of carbonyl (C=O) groups is 1. The first-order chi connectivity index (χ1) is 5.74. The van der Waals surface area contributed by atoms with Gasteiger partial charge < -0.3 is 9.73 Å². The maximum absolute atomic E-state index is 11.2. The molecule has 5 heteroatoms. The summed E-state index contributed by atoms with van der Waals surface area (Å²) >= 11 is 0. The van der Waals surface area contributed by atoms with E-state index in [-0.39, 0.29) is 11.9 Å². The molecule has 0 aliphatic carbocycles. The highest BCUT2D eigenvalue weighted by atomic mass is 16.4. The third-order valence-electron chi connectivity index (χ3n) is 1.51. The Balaban J connectivity index is 2.47. The number of carbonyl (C=O) groups excluding carboxylic acids is 1. The molecule has 12 heavy (non-hydrogen) atoms. The average molecular weight is 169 g/mol. The van der Waals surface area contributed by atoms with Crippen LogP contribution in [0.25, 0.3) is 0 Å². The monoisotopic (exact) mass is 169 g/mol. The molecule has 0 saturated carbocycles. The standard InChI is InChI=1S/C7H11N3O2/c1-5(8-2)7(11)10-6-3-9-4-12-6/h3-5,8H,1-2H3,(H,10,11). The number of rotatable bonds is 3. The van der Waals surface area contributed by atoms with Gasteiger partial charge in [-0.3, -0.25) is 10.1 Å². The van der Waals surface area contributed by atoms with Crippen molar-refractivity contribution in [2.24, 2.45) is 0 Å². The Bertz CT molecular complexity index is 245. The minimum atomic E-state index is -0.241. The molecule has 1 heterocycles. The first-order valence-corrected chi connectivity index (χ1v) is 3.60. The molecule has 2 N–H and O–H groups in total. The van der Waals surface area contributed by atoms with Crippen LogP contribution < -0.4 is 10.6 Å². The number of amides is 1. The second kappa shape index (κ2) is 3.87. The van der Waals surface area contributed by atoms with Gasteiger partial charge in [-0.15, -0.1) is 0 Å². The summed E-state index contributed by atoms with van der Waals surface area (Å²) < 4.78 is 4.83. The Morgan fingerprint density at radius 1 is 1.75 bits per heavy atom. The number of nitrogens with zero attached hydrogens (tertiary/aromatic N) is 1. The Kier molecular flexibility index (Phi) is 2.82. The van der Waals surface area contributed by atoms with Crippen LogP contribution >= 0.6 is 0 Å². The molecule has 5 nitrogen and oxygen atoms in total. The summed E-state index contributed by atoms with van der Waals surface area (Å²) in [6, 6.07) is -0.241. The molecule has 0 aliphatic heterocycles. The molecule has 1 aromatic rings. The van der Waals surface area contributed by atoms with E-state index in [0.29, 0.717) is 5.88 Å². The Hall–Kier alpha value is -1.36. The van der Waals surface area contributed by atoms with Crippen molar-refractivity contribution in [3.05, 3.63) is 12.6 Å². The SMILES string of the molecule is CNC(C)C(=O)Nc1cnco1. The van der Waals surface area contributed by atoms with E-state index in [1.54, 1.807) is 14.0 Å². The van der Waals surface area contributed by atoms with Crippen molar-refractivity contribution in [2.75, 3.05) is 12.4 Å². The Labute approximate surface area is 70.2 Å². The van der Waals surface area contributed by atoms with Gasteiger partial charge in [0.15, 0.2) is 6.39 Å². The van der Waals surface area contributed by atoms with Gasteiger partial charge in [0, 0.05) is 0 Å². The largest absolute Gasteiger partial charge is 0.428 e. The van der Waals surface area contributed by atoms with E-state index in [1.807, 2.05) is 0 Å². The fourth-order valence-corrected chi connectivity index (χ4v) is 0.638. The summed E-state index contributed by atoms with van der Waals surface area (Å²) in [7, 11) is 1.71. The van der Waals surface area contributed by atoms with E-state index in [1.165, 1.54) is 12.6 Å². The van der Waals surface area contributed by atoms with Crippen LogP contribution in [-0.4, -0.2) is 24.0 Å². The molecule has 0 fully saturated rings. The lowest BCUT2D eigenvalue weighted by Gasteiger charge is -2.07. The number of nitrogens with one attached hydrogen (secondary N) is 2. The van der Waals surface area contributed by atoms with Crippen LogP contribution in [-0.2, 0) is 4.79 Å². The maximum Gasteiger partial charge on any atom is 0.243 e. The molecule has 0 bridgehead atoms. The third-order valence-corrected chi connectivity index (χ3v) is 1.51. The average Bonchev–Trinajstić information content (AvgIpc) is 2.55. The van der Waals surface area contributed by atoms with Gasteiger partial charge in [-0.25, -0.2) is 4.98 Å². The van der Waals surface area contributed by atoms with E-state index >= 15 is 0 Å². The normalized spacial score (nSPS) is 12.5. The molecule has 66 valence electrons. The number of oxazole rings is 1. The van der Waals surface area contributed by atoms with Gasteiger partial charge in [0.1, 0.15) is 0 Å². The first kappa shape index (κ1) is 8.73. The van der Waals surface area contributed by atoms with E-state index in [2.05, 4.69) is 15.6 Å². The molecule has 1 rings (SSSR count). The van der Waals surface area contributed by atoms with Crippen molar-refractivity contribution in [2.45, 2.75) is 13.0 Å². The fraction of sp³-hybridized carbons (Fsp3) is 0.429. The van der Waals surface area contributed by atoms with Gasteiger partial charge in [-0.05, 0) is 14.0 Å². The molecule has 0 aromatic carbocycles. The lowest BCUT2D eigenvalue weighted by atomic mass is 10.3. The maximum atomic E-state index is 11.2. The van der Waals surface area contributed by atoms with Crippen molar-refractivity contribution in [1.82, 2.24) is 10.3 Å². The van der Waals surface area contributed by atoms with Gasteiger partial charge in [0.2, 0.25) is 11.8 Å². The third kappa shape index (κ3) is 2.06. The second-order valence-electron chi connectivity index (χ2n) is 2.37. The molecular weight excluding hydrogens is 158 g/mol. The van der Waals surface area contributed by atoms with E-state index in [4.69, 9.17) is 4.42 Å². The zero-order valence-corrected chi connectivity index (χ0v) is 7.00. The van der Waals surface area contributed by atoms with Crippen molar-refractivity contribution in [3.63, 3.8) is 0 Å². The van der Waals surface area contributed by atoms with E-state index < -0.39 is 0 Å². The molecule has 1 atom stereocenters. The van der Waals surface area contributed by atoms with Gasteiger partial charge >= 0.3 is 0 Å². The molecular formula is C7H11N3O2. The van der Waals surface area contributed by atoms with Gasteiger partial charge in [-0.2, -0.15) is 0 Å². The molecule has 1 unspecified atom stereocenters. The quantitative estimate of drug-likeness (QED) is 0.679. The summed E-state index contributed by atoms with van der Waals surface area (Å²) in [6.07, 6.45) is 2.71. The number of anilines is 1. The van der Waals surface area contributed by atoms with Crippen LogP contribution in [0.3, 0.4) is 0 Å². The topological polar surface area (TPSA) is 67.2 Å². The number of hydrogen-bond donors (Lipinski definition) is 2. The second-order valence-corrected chi connectivity index (χ2v) is 2.37. The first-order valence-electron chi connectivity index (χ1n) is 3.60. The highest BCUT2D eigenvalue weighted by molar-refractivity contribution is 5.93. The van der Waals surface area contributed by atoms with Gasteiger partial charge in [0.05, 0.1) is 12.2 Å². The predicted molar refractivity (Wildman–Crippen MR) is 43.7 cm³/mol. The number of likely N-dealkylation sites (N-methyl/N-ethyl adjacent to an activating group) is 1. The fourth-order valence-electron chi connectivity index (χ4n) is 0.638. The van der Waals surface area contributed by atoms with Crippen LogP contribution in [0.4, 0.5) is 5.88 Å². The Morgan fingerprint density at radius 3 is 3.00 bits per heavy atom. The van der Waals surface area contributed by atoms with Gasteiger partial charge in [0.25, 0.3) is 0 Å². The van der Waals surface area contributed by atoms with Crippen LogP contribution in [0.5, 0.6) is 0 Å². The van der Waals surface area contributed by atoms with Crippen molar-refractivity contribution in [1.29, 1.82) is 0 Å². The van der Waals surface area contributed by atoms with E-state index in [9.17, 15) is 4.79 Å². The van der Waals surface area contributed by atoms with Crippen LogP contribution in [0, 0.1) is 0 Å². The highest BCUT2D eigenvalue weighted by Crippen LogP contribution is 2.03. The van der Waals surface area contributed by atoms with E-state index in [0.717, 1.165) is 0 Å². The minimum Gasteiger partial charge on any atom is -0.428 e. The predicted octanol–water partition coefficient (Wildman–Crippen LogP) is 0.221. The molecule has 0 saturated heterocycles. The summed E-state index contributed by atoms with van der Waals surface area (Å²) in [5, 5.41) is 5.34. The van der Waals surface area contributed by atoms with Crippen LogP contribution in [0.2, 0.25) is 0 Å². The summed E-state index contributed by atoms with van der Waals surface area (Å²) in [5.74, 6) is 0.219. The zero-order valence-electron chi connectivity index (χ0n) is 7.00. The summed E-state index contributed by atoms with van der Waals surface area (Å²) in [4.78, 5) is 14.8. The molecule has 0 radical (unpaired) electrons. The highest BCUT2D eigenvalue weighted by Gasteiger charge is 2.10. The lowest BCUT2D eigenvalue weighted by Crippen LogP contribution is -2.35. The van der Waals surface area contributed by atoms with Crippen LogP contribution in [0.1, 0.15) is 6.92 Å². The lowest BCUT2D eigenvalue weighted by molar-refractivity contribution is -0.117. The number of hydrogen-bond acceptors (Lipinski definition) is 4. The molecule has 0 aliphatic rings.